The molecule has 0 spiro atoms. The number of non-ortho nitro benzene ring substituents is 1. The smallest absolute Gasteiger partial charge is 0.270 e. The molecule has 1 N–H and O–H groups in total. The van der Waals surface area contributed by atoms with Gasteiger partial charge in [0.1, 0.15) is 6.07 Å². The van der Waals surface area contributed by atoms with Crippen LogP contribution in [0.25, 0.3) is 0 Å². The maximum Gasteiger partial charge on any atom is 0.270 e. The minimum absolute atomic E-state index is 0.0933. The second kappa shape index (κ2) is 5.67. The summed E-state index contributed by atoms with van der Waals surface area (Å²) in [5.74, 6) is 0. The van der Waals surface area contributed by atoms with Gasteiger partial charge in [0.05, 0.1) is 10.5 Å². The Morgan fingerprint density at radius 2 is 2.29 bits per heavy atom. The van der Waals surface area contributed by atoms with Crippen LogP contribution in [0.1, 0.15) is 18.4 Å². The van der Waals surface area contributed by atoms with E-state index < -0.39 is 4.92 Å². The SMILES string of the molecule is N#Cc1cc([N+](=O)[O-])ccc1Sc1nnc(NC2CC2)s1. The standard InChI is InChI=1S/C12H9N5O2S2/c13-6-7-5-9(17(18)19)3-4-10(7)20-12-16-15-11(21-12)14-8-1-2-8/h3-5,8H,1-2H2,(H,14,15). The fourth-order valence-corrected chi connectivity index (χ4v) is 3.46. The molecule has 0 saturated heterocycles. The minimum Gasteiger partial charge on any atom is -0.357 e. The molecule has 1 saturated carbocycles. The van der Waals surface area contributed by atoms with Crippen LogP contribution in [0.2, 0.25) is 0 Å². The van der Waals surface area contributed by atoms with Gasteiger partial charge < -0.3 is 5.32 Å². The Kier molecular flexibility index (Phi) is 3.72. The molecular formula is C12H9N5O2S2. The van der Waals surface area contributed by atoms with Crippen molar-refractivity contribution >= 4 is 33.9 Å². The number of anilines is 1. The van der Waals surface area contributed by atoms with E-state index in [9.17, 15) is 10.1 Å². The highest BCUT2D eigenvalue weighted by Crippen LogP contribution is 2.36. The molecule has 0 radical (unpaired) electrons. The lowest BCUT2D eigenvalue weighted by atomic mass is 10.2. The van der Waals surface area contributed by atoms with E-state index in [1.54, 1.807) is 6.07 Å². The van der Waals surface area contributed by atoms with Gasteiger partial charge in [-0.2, -0.15) is 5.26 Å². The molecule has 0 aliphatic heterocycles. The molecule has 0 atom stereocenters. The molecule has 1 aliphatic carbocycles. The summed E-state index contributed by atoms with van der Waals surface area (Å²) in [4.78, 5) is 10.8. The Morgan fingerprint density at radius 3 is 2.95 bits per heavy atom. The molecule has 0 unspecified atom stereocenters. The average Bonchev–Trinajstić information content (AvgIpc) is 3.18. The van der Waals surface area contributed by atoms with Crippen LogP contribution in [0.3, 0.4) is 0 Å². The average molecular weight is 319 g/mol. The van der Waals surface area contributed by atoms with Crippen LogP contribution in [-0.2, 0) is 0 Å². The Balaban J connectivity index is 1.78. The van der Waals surface area contributed by atoms with Crippen molar-refractivity contribution in [2.45, 2.75) is 28.1 Å². The van der Waals surface area contributed by atoms with E-state index in [1.807, 2.05) is 6.07 Å². The fraction of sp³-hybridized carbons (Fsp3) is 0.250. The van der Waals surface area contributed by atoms with Crippen molar-refractivity contribution in [3.8, 4) is 6.07 Å². The summed E-state index contributed by atoms with van der Waals surface area (Å²) < 4.78 is 0.698. The first kappa shape index (κ1) is 13.8. The number of nitrogens with zero attached hydrogens (tertiary/aromatic N) is 4. The first-order valence-corrected chi connectivity index (χ1v) is 7.75. The molecule has 1 aromatic carbocycles. The van der Waals surface area contributed by atoms with Crippen LogP contribution in [0, 0.1) is 21.4 Å². The summed E-state index contributed by atoms with van der Waals surface area (Å²) in [5, 5.41) is 31.9. The van der Waals surface area contributed by atoms with Gasteiger partial charge in [-0.05, 0) is 18.9 Å². The Hall–Kier alpha value is -2.18. The predicted octanol–water partition coefficient (Wildman–Crippen LogP) is 3.04. The number of nitro groups is 1. The van der Waals surface area contributed by atoms with E-state index in [-0.39, 0.29) is 11.3 Å². The molecular weight excluding hydrogens is 310 g/mol. The van der Waals surface area contributed by atoms with Crippen LogP contribution in [0.15, 0.2) is 27.4 Å². The maximum absolute atomic E-state index is 10.7. The van der Waals surface area contributed by atoms with Crippen LogP contribution in [0.4, 0.5) is 10.8 Å². The Bertz CT molecular complexity index is 735. The van der Waals surface area contributed by atoms with Gasteiger partial charge in [-0.1, -0.05) is 23.1 Å². The van der Waals surface area contributed by atoms with Gasteiger partial charge in [0.2, 0.25) is 5.13 Å². The molecule has 1 fully saturated rings. The van der Waals surface area contributed by atoms with Crippen molar-refractivity contribution in [3.05, 3.63) is 33.9 Å². The van der Waals surface area contributed by atoms with Gasteiger partial charge in [0.15, 0.2) is 4.34 Å². The third-order valence-corrected chi connectivity index (χ3v) is 4.78. The van der Waals surface area contributed by atoms with Crippen molar-refractivity contribution in [1.82, 2.24) is 10.2 Å². The van der Waals surface area contributed by atoms with E-state index in [0.29, 0.717) is 15.3 Å². The van der Waals surface area contributed by atoms with Gasteiger partial charge in [-0.25, -0.2) is 0 Å². The zero-order valence-corrected chi connectivity index (χ0v) is 12.3. The van der Waals surface area contributed by atoms with Gasteiger partial charge in [0, 0.05) is 23.1 Å². The number of rotatable bonds is 5. The summed E-state index contributed by atoms with van der Waals surface area (Å²) in [5.41, 5.74) is 0.172. The van der Waals surface area contributed by atoms with E-state index in [0.717, 1.165) is 18.0 Å². The number of nitriles is 1. The maximum atomic E-state index is 10.7. The fourth-order valence-electron chi connectivity index (χ4n) is 1.61. The number of hydrogen-bond donors (Lipinski definition) is 1. The van der Waals surface area contributed by atoms with Crippen LogP contribution in [0.5, 0.6) is 0 Å². The van der Waals surface area contributed by atoms with Crippen LogP contribution in [-0.4, -0.2) is 21.2 Å². The lowest BCUT2D eigenvalue weighted by Gasteiger charge is -2.00. The third kappa shape index (κ3) is 3.29. The summed E-state index contributed by atoms with van der Waals surface area (Å²) in [6.45, 7) is 0. The zero-order chi connectivity index (χ0) is 14.8. The van der Waals surface area contributed by atoms with Gasteiger partial charge in [-0.15, -0.1) is 10.2 Å². The number of aromatic nitrogens is 2. The second-order valence-corrected chi connectivity index (χ2v) is 6.71. The van der Waals surface area contributed by atoms with Crippen molar-refractivity contribution in [1.29, 1.82) is 5.26 Å². The topological polar surface area (TPSA) is 105 Å². The van der Waals surface area contributed by atoms with Crippen molar-refractivity contribution in [2.75, 3.05) is 5.32 Å². The molecule has 9 heteroatoms. The summed E-state index contributed by atoms with van der Waals surface area (Å²) in [6, 6.07) is 6.70. The number of hydrogen-bond acceptors (Lipinski definition) is 8. The summed E-state index contributed by atoms with van der Waals surface area (Å²) in [7, 11) is 0. The molecule has 3 rings (SSSR count). The van der Waals surface area contributed by atoms with E-state index in [1.165, 1.54) is 35.2 Å². The number of benzene rings is 1. The number of nitro benzene ring substituents is 1. The first-order valence-electron chi connectivity index (χ1n) is 6.12. The highest BCUT2D eigenvalue weighted by Gasteiger charge is 2.22. The molecule has 1 aromatic heterocycles. The molecule has 0 amide bonds. The lowest BCUT2D eigenvalue weighted by molar-refractivity contribution is -0.384. The largest absolute Gasteiger partial charge is 0.357 e. The van der Waals surface area contributed by atoms with Gasteiger partial charge in [0.25, 0.3) is 5.69 Å². The van der Waals surface area contributed by atoms with E-state index in [4.69, 9.17) is 5.26 Å². The highest BCUT2D eigenvalue weighted by molar-refractivity contribution is 8.01. The zero-order valence-electron chi connectivity index (χ0n) is 10.6. The van der Waals surface area contributed by atoms with Crippen molar-refractivity contribution in [2.24, 2.45) is 0 Å². The summed E-state index contributed by atoms with van der Waals surface area (Å²) in [6.07, 6.45) is 2.31. The second-order valence-electron chi connectivity index (χ2n) is 4.44. The predicted molar refractivity (Wildman–Crippen MR) is 78.5 cm³/mol. The normalized spacial score (nSPS) is 13.7. The van der Waals surface area contributed by atoms with Gasteiger partial charge in [-0.3, -0.25) is 10.1 Å². The molecule has 1 heterocycles. The quantitative estimate of drug-likeness (QED) is 0.667. The number of nitrogens with one attached hydrogen (secondary N) is 1. The molecule has 0 bridgehead atoms. The van der Waals surface area contributed by atoms with Crippen molar-refractivity contribution in [3.63, 3.8) is 0 Å². The highest BCUT2D eigenvalue weighted by atomic mass is 32.2. The van der Waals surface area contributed by atoms with Crippen molar-refractivity contribution < 1.29 is 4.92 Å². The molecule has 1 aliphatic rings. The van der Waals surface area contributed by atoms with Crippen LogP contribution >= 0.6 is 23.1 Å². The van der Waals surface area contributed by atoms with E-state index >= 15 is 0 Å². The summed E-state index contributed by atoms with van der Waals surface area (Å²) >= 11 is 2.70. The molecule has 21 heavy (non-hydrogen) atoms. The Morgan fingerprint density at radius 1 is 1.48 bits per heavy atom. The van der Waals surface area contributed by atoms with Gasteiger partial charge >= 0.3 is 0 Å². The first-order chi connectivity index (χ1) is 10.2. The third-order valence-electron chi connectivity index (χ3n) is 2.80. The molecule has 7 nitrogen and oxygen atoms in total. The molecule has 2 aromatic rings. The molecule has 106 valence electrons. The Labute approximate surface area is 128 Å². The minimum atomic E-state index is -0.516. The lowest BCUT2D eigenvalue weighted by Crippen LogP contribution is -1.99. The van der Waals surface area contributed by atoms with E-state index in [2.05, 4.69) is 15.5 Å². The van der Waals surface area contributed by atoms with Crippen LogP contribution < -0.4 is 5.32 Å². The monoisotopic (exact) mass is 319 g/mol.